The van der Waals surface area contributed by atoms with E-state index < -0.39 is 23.3 Å². The molecule has 1 unspecified atom stereocenters. The van der Waals surface area contributed by atoms with Gasteiger partial charge in [-0.2, -0.15) is 29.2 Å². The molecule has 3 fully saturated rings. The van der Waals surface area contributed by atoms with Crippen LogP contribution >= 0.6 is 11.8 Å². The zero-order valence-corrected chi connectivity index (χ0v) is 23.5. The van der Waals surface area contributed by atoms with Crippen molar-refractivity contribution in [3.8, 4) is 12.1 Å². The van der Waals surface area contributed by atoms with Crippen LogP contribution in [0.15, 0.2) is 35.4 Å². The van der Waals surface area contributed by atoms with Crippen molar-refractivity contribution in [2.24, 2.45) is 0 Å². The van der Waals surface area contributed by atoms with Gasteiger partial charge >= 0.3 is 12.1 Å². The molecule has 1 N–H and O–H groups in total. The van der Waals surface area contributed by atoms with Crippen LogP contribution in [0.1, 0.15) is 71.9 Å². The Kier molecular flexibility index (Phi) is 8.90. The molecule has 13 heteroatoms. The number of amides is 1. The van der Waals surface area contributed by atoms with Crippen LogP contribution in [0.25, 0.3) is 0 Å². The van der Waals surface area contributed by atoms with Gasteiger partial charge in [0.15, 0.2) is 0 Å². The van der Waals surface area contributed by atoms with E-state index in [0.717, 1.165) is 50.5 Å². The van der Waals surface area contributed by atoms with Gasteiger partial charge in [0.2, 0.25) is 0 Å². The number of benzene rings is 1. The normalized spacial score (nSPS) is 18.6. The summed E-state index contributed by atoms with van der Waals surface area (Å²) in [4.78, 5) is 37.8. The molecule has 1 atom stereocenters. The molecule has 0 bridgehead atoms. The smallest absolute Gasteiger partial charge is 0.355 e. The number of nitrogens with zero attached hydrogens (tertiary/aromatic N) is 5. The molecule has 2 aromatic rings. The van der Waals surface area contributed by atoms with Crippen LogP contribution in [-0.4, -0.2) is 60.2 Å². The summed E-state index contributed by atoms with van der Waals surface area (Å²) in [5.74, 6) is -3.12. The lowest BCUT2D eigenvalue weighted by molar-refractivity contribution is -0.207. The number of hydroxylamine groups is 1. The Bertz CT molecular complexity index is 1410. The molecule has 1 aliphatic carbocycles. The lowest BCUT2D eigenvalue weighted by Gasteiger charge is -2.38. The Morgan fingerprint density at radius 1 is 1.00 bits per heavy atom. The summed E-state index contributed by atoms with van der Waals surface area (Å²) in [7, 11) is 0. The number of likely N-dealkylation sites (tertiary alicyclic amines) is 1. The molecule has 1 aromatic carbocycles. The van der Waals surface area contributed by atoms with Gasteiger partial charge in [0.05, 0.1) is 11.1 Å². The summed E-state index contributed by atoms with van der Waals surface area (Å²) >= 11 is 0.875. The van der Waals surface area contributed by atoms with Gasteiger partial charge in [-0.3, -0.25) is 4.79 Å². The molecule has 1 aromatic heterocycles. The maximum absolute atomic E-state index is 13.1. The molecule has 5 rings (SSSR count). The van der Waals surface area contributed by atoms with Gasteiger partial charge < -0.3 is 14.6 Å². The van der Waals surface area contributed by atoms with Gasteiger partial charge in [-0.1, -0.05) is 42.1 Å². The number of hydrogen-bond acceptors (Lipinski definition) is 9. The number of anilines is 1. The van der Waals surface area contributed by atoms with E-state index >= 15 is 0 Å². The SMILES string of the molecule is N#Cc1c(SC(C(=O)NOC(=O)C(F)(F)F)c2ccccc2)nc(N2CCC(N3CCCC3)CC2)c(C#N)c1C1CC1. The highest BCUT2D eigenvalue weighted by Gasteiger charge is 2.42. The number of hydrogen-bond donors (Lipinski definition) is 1. The maximum Gasteiger partial charge on any atom is 0.493 e. The minimum Gasteiger partial charge on any atom is -0.355 e. The molecule has 3 aliphatic rings. The predicted octanol–water partition coefficient (Wildman–Crippen LogP) is 4.74. The van der Waals surface area contributed by atoms with E-state index in [9.17, 15) is 33.3 Å². The number of rotatable bonds is 7. The Morgan fingerprint density at radius 3 is 2.21 bits per heavy atom. The summed E-state index contributed by atoms with van der Waals surface area (Å²) in [5, 5.41) is 19.4. The minimum atomic E-state index is -5.29. The fourth-order valence-corrected chi connectivity index (χ4v) is 6.74. The van der Waals surface area contributed by atoms with Crippen molar-refractivity contribution in [3.05, 3.63) is 52.6 Å². The van der Waals surface area contributed by atoms with Crippen molar-refractivity contribution in [3.63, 3.8) is 0 Å². The lowest BCUT2D eigenvalue weighted by atomic mass is 9.98. The van der Waals surface area contributed by atoms with Gasteiger partial charge in [0.25, 0.3) is 5.91 Å². The Hall–Kier alpha value is -3.81. The van der Waals surface area contributed by atoms with E-state index in [4.69, 9.17) is 4.98 Å². The van der Waals surface area contributed by atoms with Gasteiger partial charge in [-0.15, -0.1) is 0 Å². The number of pyridine rings is 1. The zero-order valence-electron chi connectivity index (χ0n) is 22.7. The second kappa shape index (κ2) is 12.6. The number of thioether (sulfide) groups is 1. The molecule has 1 amide bonds. The third kappa shape index (κ3) is 6.48. The number of carbonyl (C=O) groups is 2. The predicted molar refractivity (Wildman–Crippen MR) is 147 cm³/mol. The lowest BCUT2D eigenvalue weighted by Crippen LogP contribution is -2.44. The minimum absolute atomic E-state index is 0.00859. The molecule has 0 spiro atoms. The molecular formula is C29H29F3N6O3S. The van der Waals surface area contributed by atoms with Crippen molar-refractivity contribution >= 4 is 29.5 Å². The Balaban J connectivity index is 1.48. The topological polar surface area (TPSA) is 122 Å². The molecule has 220 valence electrons. The molecule has 2 saturated heterocycles. The number of nitrogens with one attached hydrogen (secondary N) is 1. The van der Waals surface area contributed by atoms with Crippen molar-refractivity contribution in [2.45, 2.75) is 66.9 Å². The number of halogens is 3. The average Bonchev–Trinajstić information content (AvgIpc) is 3.69. The van der Waals surface area contributed by atoms with Crippen LogP contribution in [-0.2, 0) is 14.4 Å². The van der Waals surface area contributed by atoms with E-state index in [2.05, 4.69) is 26.8 Å². The van der Waals surface area contributed by atoms with E-state index in [1.807, 2.05) is 0 Å². The molecule has 2 aliphatic heterocycles. The van der Waals surface area contributed by atoms with E-state index in [-0.39, 0.29) is 16.5 Å². The summed E-state index contributed by atoms with van der Waals surface area (Å²) in [6, 6.07) is 13.2. The molecular weight excluding hydrogens is 569 g/mol. The summed E-state index contributed by atoms with van der Waals surface area (Å²) < 4.78 is 38.1. The quantitative estimate of drug-likeness (QED) is 0.356. The van der Waals surface area contributed by atoms with Crippen molar-refractivity contribution in [1.82, 2.24) is 15.4 Å². The third-order valence-corrected chi connectivity index (χ3v) is 9.10. The first-order valence-electron chi connectivity index (χ1n) is 13.9. The molecule has 9 nitrogen and oxygen atoms in total. The maximum atomic E-state index is 13.1. The monoisotopic (exact) mass is 598 g/mol. The summed E-state index contributed by atoms with van der Waals surface area (Å²) in [5.41, 5.74) is 3.16. The second-order valence-corrected chi connectivity index (χ2v) is 11.7. The van der Waals surface area contributed by atoms with Gasteiger partial charge in [0.1, 0.15) is 28.2 Å². The van der Waals surface area contributed by atoms with E-state index in [1.54, 1.807) is 35.8 Å². The largest absolute Gasteiger partial charge is 0.493 e. The van der Waals surface area contributed by atoms with Crippen LogP contribution in [0.3, 0.4) is 0 Å². The number of carbonyl (C=O) groups excluding carboxylic acids is 2. The average molecular weight is 599 g/mol. The fraction of sp³-hybridized carbons (Fsp3) is 0.483. The fourth-order valence-electron chi connectivity index (χ4n) is 5.65. The van der Waals surface area contributed by atoms with Crippen molar-refractivity contribution in [1.29, 1.82) is 10.5 Å². The molecule has 3 heterocycles. The van der Waals surface area contributed by atoms with Crippen LogP contribution in [0.4, 0.5) is 19.0 Å². The van der Waals surface area contributed by atoms with Crippen molar-refractivity contribution < 1.29 is 27.6 Å². The summed E-state index contributed by atoms with van der Waals surface area (Å²) in [6.07, 6.45) is 0.552. The highest BCUT2D eigenvalue weighted by molar-refractivity contribution is 8.00. The third-order valence-electron chi connectivity index (χ3n) is 7.86. The van der Waals surface area contributed by atoms with E-state index in [1.165, 1.54) is 12.8 Å². The number of nitriles is 2. The Labute approximate surface area is 245 Å². The van der Waals surface area contributed by atoms with Crippen LogP contribution in [0.2, 0.25) is 0 Å². The van der Waals surface area contributed by atoms with Crippen LogP contribution in [0.5, 0.6) is 0 Å². The van der Waals surface area contributed by atoms with Crippen molar-refractivity contribution in [2.75, 3.05) is 31.1 Å². The van der Waals surface area contributed by atoms with Crippen LogP contribution < -0.4 is 10.4 Å². The first-order valence-corrected chi connectivity index (χ1v) is 14.8. The number of alkyl halides is 3. The van der Waals surface area contributed by atoms with Gasteiger partial charge in [-0.25, -0.2) is 9.78 Å². The highest BCUT2D eigenvalue weighted by Crippen LogP contribution is 2.48. The summed E-state index contributed by atoms with van der Waals surface area (Å²) in [6.45, 7) is 3.55. The molecule has 0 radical (unpaired) electrons. The van der Waals surface area contributed by atoms with E-state index in [0.29, 0.717) is 41.6 Å². The zero-order chi connectivity index (χ0) is 29.9. The number of piperidine rings is 1. The first kappa shape index (κ1) is 29.7. The molecule has 42 heavy (non-hydrogen) atoms. The standard InChI is InChI=1S/C29H29F3N6O3S/c30-29(31,32)28(40)41-36-26(39)24(19-6-2-1-3-7-19)42-27-22(17-34)23(18-8-9-18)21(16-33)25(35-27)38-14-10-20(11-15-38)37-12-4-5-13-37/h1-3,6-7,18,20,24H,4-5,8-15H2,(H,36,39). The Morgan fingerprint density at radius 2 is 1.64 bits per heavy atom. The molecule has 1 saturated carbocycles. The van der Waals surface area contributed by atoms with Gasteiger partial charge in [-0.05, 0) is 68.7 Å². The van der Waals surface area contributed by atoms with Gasteiger partial charge in [0, 0.05) is 19.1 Å². The first-order chi connectivity index (χ1) is 20.2. The second-order valence-electron chi connectivity index (χ2n) is 10.6. The number of aromatic nitrogens is 1. The van der Waals surface area contributed by atoms with Crippen LogP contribution in [0, 0.1) is 22.7 Å². The highest BCUT2D eigenvalue weighted by atomic mass is 32.2.